The van der Waals surface area contributed by atoms with Crippen molar-refractivity contribution in [3.05, 3.63) is 76.3 Å². The van der Waals surface area contributed by atoms with E-state index in [9.17, 15) is 9.59 Å². The maximum Gasteiger partial charge on any atom is 0.276 e. The minimum absolute atomic E-state index is 0.00248. The first-order chi connectivity index (χ1) is 15.0. The monoisotopic (exact) mass is 415 g/mol. The van der Waals surface area contributed by atoms with Gasteiger partial charge in [0, 0.05) is 44.3 Å². The van der Waals surface area contributed by atoms with Gasteiger partial charge in [0.25, 0.3) is 5.56 Å². The number of aromatic nitrogens is 3. The summed E-state index contributed by atoms with van der Waals surface area (Å²) in [6.07, 6.45) is 3.50. The van der Waals surface area contributed by atoms with Gasteiger partial charge in [0.05, 0.1) is 5.52 Å². The number of pyridine rings is 1. The molecule has 0 saturated carbocycles. The van der Waals surface area contributed by atoms with E-state index in [0.29, 0.717) is 24.3 Å². The Bertz CT molecular complexity index is 1350. The number of anilines is 1. The lowest BCUT2D eigenvalue weighted by atomic mass is 10.1. The van der Waals surface area contributed by atoms with Crippen molar-refractivity contribution >= 4 is 28.3 Å². The average Bonchev–Trinajstić information content (AvgIpc) is 3.29. The van der Waals surface area contributed by atoms with Crippen molar-refractivity contribution in [2.75, 3.05) is 31.1 Å². The van der Waals surface area contributed by atoms with Gasteiger partial charge in [-0.1, -0.05) is 12.1 Å². The van der Waals surface area contributed by atoms with E-state index in [4.69, 9.17) is 0 Å². The maximum atomic E-state index is 13.1. The topological polar surface area (TPSA) is 62.8 Å². The van der Waals surface area contributed by atoms with Crippen molar-refractivity contribution in [2.45, 2.75) is 20.4 Å². The SMILES string of the molecule is Cc1cccc(N2CCN(C(=O)Cn3c(=O)c4cccn4c4cccnc43)CC2)c1C. The Labute approximate surface area is 180 Å². The summed E-state index contributed by atoms with van der Waals surface area (Å²) in [4.78, 5) is 34.8. The van der Waals surface area contributed by atoms with Gasteiger partial charge in [-0.2, -0.15) is 0 Å². The highest BCUT2D eigenvalue weighted by Gasteiger charge is 2.24. The molecule has 5 rings (SSSR count). The normalized spacial score (nSPS) is 14.5. The highest BCUT2D eigenvalue weighted by atomic mass is 16.2. The summed E-state index contributed by atoms with van der Waals surface area (Å²) in [5.74, 6) is -0.0504. The van der Waals surface area contributed by atoms with E-state index < -0.39 is 0 Å². The average molecular weight is 415 g/mol. The van der Waals surface area contributed by atoms with E-state index in [1.807, 2.05) is 33.7 Å². The van der Waals surface area contributed by atoms with E-state index in [0.717, 1.165) is 18.6 Å². The largest absolute Gasteiger partial charge is 0.368 e. The number of carbonyl (C=O) groups is 1. The molecule has 0 atom stereocenters. The van der Waals surface area contributed by atoms with Crippen LogP contribution < -0.4 is 10.5 Å². The van der Waals surface area contributed by atoms with Crippen LogP contribution in [0.15, 0.2) is 59.7 Å². The zero-order valence-corrected chi connectivity index (χ0v) is 17.8. The van der Waals surface area contributed by atoms with Gasteiger partial charge in [0.15, 0.2) is 5.65 Å². The minimum atomic E-state index is -0.196. The molecule has 7 heteroatoms. The highest BCUT2D eigenvalue weighted by Crippen LogP contribution is 2.24. The van der Waals surface area contributed by atoms with Gasteiger partial charge in [0.1, 0.15) is 12.1 Å². The number of hydrogen-bond acceptors (Lipinski definition) is 4. The van der Waals surface area contributed by atoms with Crippen molar-refractivity contribution in [1.82, 2.24) is 18.9 Å². The van der Waals surface area contributed by atoms with E-state index in [1.54, 1.807) is 12.3 Å². The van der Waals surface area contributed by atoms with Crippen LogP contribution in [0.25, 0.3) is 16.7 Å². The number of aryl methyl sites for hydroxylation is 1. The molecule has 4 heterocycles. The minimum Gasteiger partial charge on any atom is -0.368 e. The summed E-state index contributed by atoms with van der Waals surface area (Å²) >= 11 is 0. The summed E-state index contributed by atoms with van der Waals surface area (Å²) in [7, 11) is 0. The lowest BCUT2D eigenvalue weighted by Gasteiger charge is -2.37. The van der Waals surface area contributed by atoms with Gasteiger partial charge in [-0.05, 0) is 55.3 Å². The third kappa shape index (κ3) is 3.26. The molecular formula is C24H25N5O2. The summed E-state index contributed by atoms with van der Waals surface area (Å²) in [6, 6.07) is 13.7. The molecule has 0 spiro atoms. The van der Waals surface area contributed by atoms with Gasteiger partial charge in [0.2, 0.25) is 5.91 Å². The molecule has 1 saturated heterocycles. The second-order valence-electron chi connectivity index (χ2n) is 8.09. The lowest BCUT2D eigenvalue weighted by Crippen LogP contribution is -2.50. The van der Waals surface area contributed by atoms with Crippen LogP contribution in [0, 0.1) is 13.8 Å². The van der Waals surface area contributed by atoms with Crippen LogP contribution in [-0.4, -0.2) is 50.9 Å². The molecular weight excluding hydrogens is 390 g/mol. The van der Waals surface area contributed by atoms with Crippen LogP contribution in [-0.2, 0) is 11.3 Å². The number of benzene rings is 1. The summed E-state index contributed by atoms with van der Waals surface area (Å²) in [5, 5.41) is 0. The number of carbonyl (C=O) groups excluding carboxylic acids is 1. The molecule has 0 N–H and O–H groups in total. The third-order valence-corrected chi connectivity index (χ3v) is 6.34. The Balaban J connectivity index is 1.38. The van der Waals surface area contributed by atoms with Crippen molar-refractivity contribution in [3.8, 4) is 0 Å². The fourth-order valence-corrected chi connectivity index (χ4v) is 4.44. The van der Waals surface area contributed by atoms with Crippen molar-refractivity contribution in [2.24, 2.45) is 0 Å². The number of rotatable bonds is 3. The fourth-order valence-electron chi connectivity index (χ4n) is 4.44. The van der Waals surface area contributed by atoms with Crippen molar-refractivity contribution < 1.29 is 4.79 Å². The van der Waals surface area contributed by atoms with E-state index in [-0.39, 0.29) is 18.0 Å². The zero-order chi connectivity index (χ0) is 21.5. The van der Waals surface area contributed by atoms with E-state index >= 15 is 0 Å². The Morgan fingerprint density at radius 3 is 2.55 bits per heavy atom. The number of fused-ring (bicyclic) bond motifs is 3. The molecule has 1 amide bonds. The summed E-state index contributed by atoms with van der Waals surface area (Å²) in [5.41, 5.74) is 5.49. The van der Waals surface area contributed by atoms with Crippen LogP contribution in [0.4, 0.5) is 5.69 Å². The lowest BCUT2D eigenvalue weighted by molar-refractivity contribution is -0.132. The van der Waals surface area contributed by atoms with Crippen LogP contribution in [0.1, 0.15) is 11.1 Å². The van der Waals surface area contributed by atoms with Gasteiger partial charge in [-0.3, -0.25) is 14.2 Å². The van der Waals surface area contributed by atoms with Crippen molar-refractivity contribution in [3.63, 3.8) is 0 Å². The molecule has 1 aliphatic rings. The molecule has 1 fully saturated rings. The zero-order valence-electron chi connectivity index (χ0n) is 17.8. The van der Waals surface area contributed by atoms with Gasteiger partial charge in [-0.25, -0.2) is 4.98 Å². The first-order valence-corrected chi connectivity index (χ1v) is 10.6. The van der Waals surface area contributed by atoms with Crippen molar-refractivity contribution in [1.29, 1.82) is 0 Å². The third-order valence-electron chi connectivity index (χ3n) is 6.34. The molecule has 4 aromatic rings. The Kier molecular flexibility index (Phi) is 4.73. The van der Waals surface area contributed by atoms with Gasteiger partial charge < -0.3 is 14.2 Å². The fraction of sp³-hybridized carbons (Fsp3) is 0.292. The predicted molar refractivity (Wildman–Crippen MR) is 122 cm³/mol. The van der Waals surface area contributed by atoms with Crippen LogP contribution in [0.2, 0.25) is 0 Å². The number of nitrogens with zero attached hydrogens (tertiary/aromatic N) is 5. The summed E-state index contributed by atoms with van der Waals surface area (Å²) in [6.45, 7) is 7.10. The van der Waals surface area contributed by atoms with E-state index in [1.165, 1.54) is 21.4 Å². The van der Waals surface area contributed by atoms with Gasteiger partial charge in [-0.15, -0.1) is 0 Å². The van der Waals surface area contributed by atoms with E-state index in [2.05, 4.69) is 41.9 Å². The Hall–Kier alpha value is -3.61. The molecule has 31 heavy (non-hydrogen) atoms. The smallest absolute Gasteiger partial charge is 0.276 e. The molecule has 3 aromatic heterocycles. The van der Waals surface area contributed by atoms with Crippen LogP contribution in [0.3, 0.4) is 0 Å². The number of piperazine rings is 1. The molecule has 158 valence electrons. The molecule has 1 aromatic carbocycles. The second-order valence-corrected chi connectivity index (χ2v) is 8.09. The standard InChI is InChI=1S/C24H25N5O2/c1-17-6-3-7-19(18(17)2)26-12-14-27(15-13-26)22(30)16-29-23-20(8-4-10-25-23)28-11-5-9-21(28)24(29)31/h3-11H,12-16H2,1-2H3. The maximum absolute atomic E-state index is 13.1. The summed E-state index contributed by atoms with van der Waals surface area (Å²) < 4.78 is 3.33. The number of amides is 1. The predicted octanol–water partition coefficient (Wildman–Crippen LogP) is 2.61. The molecule has 0 radical (unpaired) electrons. The first-order valence-electron chi connectivity index (χ1n) is 10.6. The van der Waals surface area contributed by atoms with Gasteiger partial charge >= 0.3 is 0 Å². The highest BCUT2D eigenvalue weighted by molar-refractivity contribution is 5.80. The van der Waals surface area contributed by atoms with Crippen LogP contribution in [0.5, 0.6) is 0 Å². The number of hydrogen-bond donors (Lipinski definition) is 0. The molecule has 0 unspecified atom stereocenters. The van der Waals surface area contributed by atoms with Crippen LogP contribution >= 0.6 is 0 Å². The molecule has 1 aliphatic heterocycles. The molecule has 0 bridgehead atoms. The molecule has 7 nitrogen and oxygen atoms in total. The quantitative estimate of drug-likeness (QED) is 0.516. The Morgan fingerprint density at radius 2 is 1.74 bits per heavy atom. The molecule has 0 aliphatic carbocycles. The first kappa shape index (κ1) is 19.4. The Morgan fingerprint density at radius 1 is 0.968 bits per heavy atom. The second kappa shape index (κ2) is 7.58.